The molecule has 1 aliphatic carbocycles. The van der Waals surface area contributed by atoms with Crippen LogP contribution in [0.5, 0.6) is 0 Å². The Morgan fingerprint density at radius 1 is 1.27 bits per heavy atom. The molecule has 1 aliphatic rings. The molecule has 0 bridgehead atoms. The lowest BCUT2D eigenvalue weighted by Crippen LogP contribution is -2.23. The smallest absolute Gasteiger partial charge is 0.0715 e. The summed E-state index contributed by atoms with van der Waals surface area (Å²) in [6.07, 6.45) is 3.81. The van der Waals surface area contributed by atoms with E-state index in [1.54, 1.807) is 0 Å². The van der Waals surface area contributed by atoms with Gasteiger partial charge in [0.25, 0.3) is 0 Å². The van der Waals surface area contributed by atoms with Crippen LogP contribution < -0.4 is 0 Å². The molecule has 0 saturated carbocycles. The summed E-state index contributed by atoms with van der Waals surface area (Å²) in [5.74, 6) is 0. The second-order valence-corrected chi connectivity index (χ2v) is 4.77. The predicted molar refractivity (Wildman–Crippen MR) is 65.3 cm³/mol. The maximum absolute atomic E-state index is 4.62. The summed E-state index contributed by atoms with van der Waals surface area (Å²) in [5.41, 5.74) is 4.47. The summed E-state index contributed by atoms with van der Waals surface area (Å²) >= 11 is 0. The Balaban J connectivity index is 0.000000531. The molecule has 0 aromatic carbocycles. The molecule has 2 nitrogen and oxygen atoms in total. The lowest BCUT2D eigenvalue weighted by atomic mass is 9.76. The van der Waals surface area contributed by atoms with E-state index in [1.807, 2.05) is 25.6 Å². The molecule has 1 heterocycles. The van der Waals surface area contributed by atoms with Gasteiger partial charge < -0.3 is 0 Å². The van der Waals surface area contributed by atoms with Gasteiger partial charge in [0.1, 0.15) is 0 Å². The minimum Gasteiger partial charge on any atom is -0.272 e. The first-order valence-corrected chi connectivity index (χ1v) is 6.05. The van der Waals surface area contributed by atoms with Gasteiger partial charge in [-0.3, -0.25) is 4.68 Å². The highest BCUT2D eigenvalue weighted by Gasteiger charge is 2.31. The third-order valence-corrected chi connectivity index (χ3v) is 3.33. The van der Waals surface area contributed by atoms with Crippen molar-refractivity contribution in [2.75, 3.05) is 0 Å². The van der Waals surface area contributed by atoms with Crippen LogP contribution in [-0.2, 0) is 18.9 Å². The molecule has 0 unspecified atom stereocenters. The van der Waals surface area contributed by atoms with Crippen molar-refractivity contribution in [2.24, 2.45) is 7.05 Å². The fourth-order valence-electron chi connectivity index (χ4n) is 2.32. The summed E-state index contributed by atoms with van der Waals surface area (Å²) in [5, 5.41) is 4.62. The van der Waals surface area contributed by atoms with E-state index in [-0.39, 0.29) is 0 Å². The van der Waals surface area contributed by atoms with Gasteiger partial charge in [-0.25, -0.2) is 0 Å². The zero-order valence-electron chi connectivity index (χ0n) is 11.0. The standard InChI is InChI=1S/C11H18N2.C2H6/c1-8-9-6-5-7-11(2,3)10(9)12-13(8)4;1-2/h5-7H2,1-4H3;1-2H3. The van der Waals surface area contributed by atoms with Gasteiger partial charge in [0, 0.05) is 18.2 Å². The Labute approximate surface area is 93.7 Å². The molecule has 0 aliphatic heterocycles. The third kappa shape index (κ3) is 2.09. The first-order valence-electron chi connectivity index (χ1n) is 6.05. The quantitative estimate of drug-likeness (QED) is 0.639. The summed E-state index contributed by atoms with van der Waals surface area (Å²) in [6.45, 7) is 10.8. The Bertz CT molecular complexity index is 335. The van der Waals surface area contributed by atoms with Crippen LogP contribution in [0.25, 0.3) is 0 Å². The van der Waals surface area contributed by atoms with Crippen molar-refractivity contribution in [2.45, 2.75) is 59.3 Å². The second kappa shape index (κ2) is 4.38. The topological polar surface area (TPSA) is 17.8 Å². The number of aromatic nitrogens is 2. The van der Waals surface area contributed by atoms with Crippen molar-refractivity contribution in [1.29, 1.82) is 0 Å². The van der Waals surface area contributed by atoms with Crippen LogP contribution in [0.15, 0.2) is 0 Å². The number of hydrogen-bond acceptors (Lipinski definition) is 1. The van der Waals surface area contributed by atoms with Crippen LogP contribution in [0, 0.1) is 6.92 Å². The minimum atomic E-state index is 0.291. The van der Waals surface area contributed by atoms with E-state index < -0.39 is 0 Å². The van der Waals surface area contributed by atoms with Gasteiger partial charge >= 0.3 is 0 Å². The number of rotatable bonds is 0. The zero-order valence-corrected chi connectivity index (χ0v) is 11.0. The van der Waals surface area contributed by atoms with Crippen LogP contribution in [-0.4, -0.2) is 9.78 Å². The van der Waals surface area contributed by atoms with Crippen LogP contribution in [0.2, 0.25) is 0 Å². The first-order chi connectivity index (χ1) is 7.02. The predicted octanol–water partition coefficient (Wildman–Crippen LogP) is 3.37. The summed E-state index contributed by atoms with van der Waals surface area (Å²) in [6, 6.07) is 0. The van der Waals surface area contributed by atoms with Gasteiger partial charge in [-0.1, -0.05) is 27.7 Å². The molecule has 86 valence electrons. The second-order valence-electron chi connectivity index (χ2n) is 4.77. The molecule has 1 aromatic heterocycles. The van der Waals surface area contributed by atoms with Gasteiger partial charge in [0.2, 0.25) is 0 Å². The van der Waals surface area contributed by atoms with Crippen molar-refractivity contribution >= 4 is 0 Å². The Morgan fingerprint density at radius 3 is 2.40 bits per heavy atom. The average Bonchev–Trinajstić information content (AvgIpc) is 2.49. The van der Waals surface area contributed by atoms with E-state index in [2.05, 4.69) is 25.9 Å². The molecule has 0 fully saturated rings. The van der Waals surface area contributed by atoms with Gasteiger partial charge in [-0.15, -0.1) is 0 Å². The number of fused-ring (bicyclic) bond motifs is 1. The largest absolute Gasteiger partial charge is 0.272 e. The molecule has 0 amide bonds. The van der Waals surface area contributed by atoms with Crippen LogP contribution in [0.3, 0.4) is 0 Å². The SMILES string of the molecule is CC.Cc1c2c(nn1C)C(C)(C)CCC2. The molecule has 0 atom stereocenters. The number of nitrogens with zero attached hydrogens (tertiary/aromatic N) is 2. The molecule has 0 radical (unpaired) electrons. The Morgan fingerprint density at radius 2 is 1.87 bits per heavy atom. The van der Waals surface area contributed by atoms with Crippen LogP contribution >= 0.6 is 0 Å². The number of hydrogen-bond donors (Lipinski definition) is 0. The monoisotopic (exact) mass is 208 g/mol. The van der Waals surface area contributed by atoms with E-state index in [4.69, 9.17) is 0 Å². The highest BCUT2D eigenvalue weighted by molar-refractivity contribution is 5.33. The number of aryl methyl sites for hydroxylation is 1. The highest BCUT2D eigenvalue weighted by atomic mass is 15.3. The van der Waals surface area contributed by atoms with Crippen molar-refractivity contribution < 1.29 is 0 Å². The summed E-state index contributed by atoms with van der Waals surface area (Å²) in [4.78, 5) is 0. The Kier molecular flexibility index (Phi) is 3.58. The van der Waals surface area contributed by atoms with Crippen LogP contribution in [0.1, 0.15) is 57.5 Å². The minimum absolute atomic E-state index is 0.291. The molecule has 2 rings (SSSR count). The molecule has 0 spiro atoms. The lowest BCUT2D eigenvalue weighted by Gasteiger charge is -2.28. The molecular formula is C13H24N2. The average molecular weight is 208 g/mol. The maximum atomic E-state index is 4.62. The maximum Gasteiger partial charge on any atom is 0.0715 e. The van der Waals surface area contributed by atoms with Crippen molar-refractivity contribution in [3.8, 4) is 0 Å². The molecule has 2 heteroatoms. The first kappa shape index (κ1) is 12.3. The fraction of sp³-hybridized carbons (Fsp3) is 0.769. The molecular weight excluding hydrogens is 184 g/mol. The van der Waals surface area contributed by atoms with Gasteiger partial charge in [-0.2, -0.15) is 5.10 Å². The summed E-state index contributed by atoms with van der Waals surface area (Å²) in [7, 11) is 2.05. The third-order valence-electron chi connectivity index (χ3n) is 3.33. The van der Waals surface area contributed by atoms with Crippen molar-refractivity contribution in [3.63, 3.8) is 0 Å². The molecule has 1 aromatic rings. The van der Waals surface area contributed by atoms with Gasteiger partial charge in [-0.05, 0) is 31.7 Å². The van der Waals surface area contributed by atoms with Crippen molar-refractivity contribution in [1.82, 2.24) is 9.78 Å². The zero-order chi connectivity index (χ0) is 11.6. The van der Waals surface area contributed by atoms with E-state index in [1.165, 1.54) is 36.2 Å². The molecule has 0 saturated heterocycles. The summed E-state index contributed by atoms with van der Waals surface area (Å²) < 4.78 is 2.03. The lowest BCUT2D eigenvalue weighted by molar-refractivity contribution is 0.417. The molecule has 15 heavy (non-hydrogen) atoms. The normalized spacial score (nSPS) is 17.7. The molecule has 0 N–H and O–H groups in total. The Hall–Kier alpha value is -0.790. The fourth-order valence-corrected chi connectivity index (χ4v) is 2.32. The van der Waals surface area contributed by atoms with E-state index in [0.29, 0.717) is 5.41 Å². The van der Waals surface area contributed by atoms with Gasteiger partial charge in [0.05, 0.1) is 5.69 Å². The van der Waals surface area contributed by atoms with E-state index in [9.17, 15) is 0 Å². The highest BCUT2D eigenvalue weighted by Crippen LogP contribution is 2.36. The van der Waals surface area contributed by atoms with Crippen LogP contribution in [0.4, 0.5) is 0 Å². The van der Waals surface area contributed by atoms with Crippen molar-refractivity contribution in [3.05, 3.63) is 17.0 Å². The van der Waals surface area contributed by atoms with E-state index in [0.717, 1.165) is 0 Å². The van der Waals surface area contributed by atoms with E-state index >= 15 is 0 Å². The van der Waals surface area contributed by atoms with Gasteiger partial charge in [0.15, 0.2) is 0 Å².